The van der Waals surface area contributed by atoms with Crippen molar-refractivity contribution in [3.8, 4) is 11.5 Å². The highest BCUT2D eigenvalue weighted by molar-refractivity contribution is 7.89. The van der Waals surface area contributed by atoms with Crippen LogP contribution in [0.4, 0.5) is 0 Å². The monoisotopic (exact) mass is 375 g/mol. The molecule has 0 aromatic heterocycles. The van der Waals surface area contributed by atoms with E-state index in [-0.39, 0.29) is 4.90 Å². The normalized spacial score (nSPS) is 20.5. The van der Waals surface area contributed by atoms with Crippen LogP contribution in [0.3, 0.4) is 0 Å². The summed E-state index contributed by atoms with van der Waals surface area (Å²) in [6, 6.07) is 14.7. The molecule has 2 aromatic rings. The molecule has 3 rings (SSSR count). The summed E-state index contributed by atoms with van der Waals surface area (Å²) in [5, 5.41) is 9.30. The Kier molecular flexibility index (Phi) is 5.58. The average Bonchev–Trinajstić information content (AvgIpc) is 2.63. The molecule has 0 heterocycles. The molecular weight excluding hydrogens is 354 g/mol. The van der Waals surface area contributed by atoms with E-state index in [1.807, 2.05) is 18.2 Å². The third-order valence-corrected chi connectivity index (χ3v) is 6.01. The zero-order valence-corrected chi connectivity index (χ0v) is 15.0. The fourth-order valence-corrected chi connectivity index (χ4v) is 4.46. The van der Waals surface area contributed by atoms with E-state index in [4.69, 9.17) is 4.74 Å². The number of benzene rings is 2. The Morgan fingerprint density at radius 3 is 2.23 bits per heavy atom. The lowest BCUT2D eigenvalue weighted by Crippen LogP contribution is -2.44. The van der Waals surface area contributed by atoms with Crippen molar-refractivity contribution in [1.29, 1.82) is 0 Å². The van der Waals surface area contributed by atoms with Gasteiger partial charge in [-0.15, -0.1) is 0 Å². The number of hydrogen-bond acceptors (Lipinski definition) is 4. The Morgan fingerprint density at radius 1 is 0.962 bits per heavy atom. The SMILES string of the molecule is O=C(O)[C@@H]1CCCC[C@@H]1NS(=O)(=O)c1ccc(Oc2ccccc2)cc1. The van der Waals surface area contributed by atoms with E-state index in [0.717, 1.165) is 12.8 Å². The molecule has 2 N–H and O–H groups in total. The third-order valence-electron chi connectivity index (χ3n) is 4.50. The van der Waals surface area contributed by atoms with Crippen LogP contribution >= 0.6 is 0 Å². The lowest BCUT2D eigenvalue weighted by atomic mass is 9.85. The average molecular weight is 375 g/mol. The molecule has 0 radical (unpaired) electrons. The molecule has 7 heteroatoms. The number of sulfonamides is 1. The molecule has 0 amide bonds. The second-order valence-electron chi connectivity index (χ2n) is 6.34. The highest BCUT2D eigenvalue weighted by Crippen LogP contribution is 2.27. The van der Waals surface area contributed by atoms with Crippen molar-refractivity contribution in [2.75, 3.05) is 0 Å². The number of nitrogens with one attached hydrogen (secondary N) is 1. The van der Waals surface area contributed by atoms with E-state index < -0.39 is 28.0 Å². The van der Waals surface area contributed by atoms with Gasteiger partial charge in [-0.25, -0.2) is 13.1 Å². The molecular formula is C19H21NO5S. The second kappa shape index (κ2) is 7.88. The second-order valence-corrected chi connectivity index (χ2v) is 8.06. The van der Waals surface area contributed by atoms with Crippen molar-refractivity contribution in [3.05, 3.63) is 54.6 Å². The van der Waals surface area contributed by atoms with Gasteiger partial charge >= 0.3 is 5.97 Å². The number of hydrogen-bond donors (Lipinski definition) is 2. The predicted molar refractivity (Wildman–Crippen MR) is 96.7 cm³/mol. The van der Waals surface area contributed by atoms with Gasteiger partial charge in [-0.1, -0.05) is 31.0 Å². The summed E-state index contributed by atoms with van der Waals surface area (Å²) in [6.07, 6.45) is 2.65. The Hall–Kier alpha value is -2.38. The Balaban J connectivity index is 1.72. The molecule has 0 bridgehead atoms. The van der Waals surface area contributed by atoms with Gasteiger partial charge in [-0.05, 0) is 49.2 Å². The molecule has 138 valence electrons. The first-order chi connectivity index (χ1) is 12.5. The first-order valence-electron chi connectivity index (χ1n) is 8.54. The van der Waals surface area contributed by atoms with Gasteiger partial charge in [-0.2, -0.15) is 0 Å². The fraction of sp³-hybridized carbons (Fsp3) is 0.316. The number of aliphatic carboxylic acids is 1. The van der Waals surface area contributed by atoms with Crippen molar-refractivity contribution in [1.82, 2.24) is 4.72 Å². The molecule has 6 nitrogen and oxygen atoms in total. The summed E-state index contributed by atoms with van der Waals surface area (Å²) in [6.45, 7) is 0. The number of rotatable bonds is 6. The minimum atomic E-state index is -3.78. The van der Waals surface area contributed by atoms with Crippen LogP contribution < -0.4 is 9.46 Å². The molecule has 1 aliphatic rings. The first-order valence-corrected chi connectivity index (χ1v) is 10.0. The quantitative estimate of drug-likeness (QED) is 0.807. The van der Waals surface area contributed by atoms with Crippen LogP contribution in [0, 0.1) is 5.92 Å². The van der Waals surface area contributed by atoms with Crippen molar-refractivity contribution >= 4 is 16.0 Å². The summed E-state index contributed by atoms with van der Waals surface area (Å²) in [5.74, 6) is -0.452. The van der Waals surface area contributed by atoms with Crippen molar-refractivity contribution in [2.24, 2.45) is 5.92 Å². The summed E-state index contributed by atoms with van der Waals surface area (Å²) in [5.41, 5.74) is 0. The van der Waals surface area contributed by atoms with Crippen LogP contribution in [-0.2, 0) is 14.8 Å². The molecule has 0 saturated heterocycles. The van der Waals surface area contributed by atoms with Gasteiger partial charge in [0.2, 0.25) is 10.0 Å². The van der Waals surface area contributed by atoms with E-state index in [2.05, 4.69) is 4.72 Å². The fourth-order valence-electron chi connectivity index (χ4n) is 3.15. The van der Waals surface area contributed by atoms with Gasteiger partial charge in [0.1, 0.15) is 11.5 Å². The molecule has 0 unspecified atom stereocenters. The van der Waals surface area contributed by atoms with E-state index in [0.29, 0.717) is 24.3 Å². The van der Waals surface area contributed by atoms with Crippen LogP contribution in [0.2, 0.25) is 0 Å². The van der Waals surface area contributed by atoms with E-state index in [9.17, 15) is 18.3 Å². The number of carboxylic acids is 1. The number of para-hydroxylation sites is 1. The molecule has 1 aliphatic carbocycles. The lowest BCUT2D eigenvalue weighted by Gasteiger charge is -2.29. The van der Waals surface area contributed by atoms with Crippen molar-refractivity contribution in [2.45, 2.75) is 36.6 Å². The first kappa shape index (κ1) is 18.4. The molecule has 2 atom stereocenters. The maximum absolute atomic E-state index is 12.6. The minimum absolute atomic E-state index is 0.0904. The van der Waals surface area contributed by atoms with Crippen molar-refractivity contribution in [3.63, 3.8) is 0 Å². The summed E-state index contributed by atoms with van der Waals surface area (Å²) in [7, 11) is -3.78. The maximum Gasteiger partial charge on any atom is 0.308 e. The van der Waals surface area contributed by atoms with Crippen LogP contribution in [0.15, 0.2) is 59.5 Å². The van der Waals surface area contributed by atoms with Crippen LogP contribution in [0.1, 0.15) is 25.7 Å². The molecule has 1 saturated carbocycles. The van der Waals surface area contributed by atoms with Crippen molar-refractivity contribution < 1.29 is 23.1 Å². The molecule has 26 heavy (non-hydrogen) atoms. The molecule has 0 spiro atoms. The van der Waals surface area contributed by atoms with Gasteiger partial charge in [-0.3, -0.25) is 4.79 Å². The van der Waals surface area contributed by atoms with Crippen LogP contribution in [0.5, 0.6) is 11.5 Å². The number of ether oxygens (including phenoxy) is 1. The van der Waals surface area contributed by atoms with E-state index in [1.165, 1.54) is 12.1 Å². The number of carboxylic acid groups (broad SMARTS) is 1. The summed E-state index contributed by atoms with van der Waals surface area (Å²) in [4.78, 5) is 11.4. The highest BCUT2D eigenvalue weighted by atomic mass is 32.2. The predicted octanol–water partition coefficient (Wildman–Crippen LogP) is 3.40. The molecule has 1 fully saturated rings. The lowest BCUT2D eigenvalue weighted by molar-refractivity contribution is -0.143. The van der Waals surface area contributed by atoms with Gasteiger partial charge in [0, 0.05) is 6.04 Å². The summed E-state index contributed by atoms with van der Waals surface area (Å²) < 4.78 is 33.4. The van der Waals surface area contributed by atoms with Crippen LogP contribution in [-0.4, -0.2) is 25.5 Å². The van der Waals surface area contributed by atoms with Gasteiger partial charge in [0.15, 0.2) is 0 Å². The standard InChI is InChI=1S/C19H21NO5S/c21-19(22)17-8-4-5-9-18(17)20-26(23,24)16-12-10-15(11-13-16)25-14-6-2-1-3-7-14/h1-3,6-7,10-13,17-18,20H,4-5,8-9H2,(H,21,22)/t17-,18+/m1/s1. The topological polar surface area (TPSA) is 92.7 Å². The van der Waals surface area contributed by atoms with Gasteiger partial charge in [0.05, 0.1) is 10.8 Å². The largest absolute Gasteiger partial charge is 0.481 e. The molecule has 0 aliphatic heterocycles. The Morgan fingerprint density at radius 2 is 1.58 bits per heavy atom. The highest BCUT2D eigenvalue weighted by Gasteiger charge is 2.33. The van der Waals surface area contributed by atoms with Crippen LogP contribution in [0.25, 0.3) is 0 Å². The zero-order chi connectivity index (χ0) is 18.6. The Bertz CT molecular complexity index is 849. The third kappa shape index (κ3) is 4.42. The van der Waals surface area contributed by atoms with E-state index in [1.54, 1.807) is 24.3 Å². The number of carbonyl (C=O) groups is 1. The van der Waals surface area contributed by atoms with Gasteiger partial charge in [0.25, 0.3) is 0 Å². The Labute approximate surface area is 152 Å². The molecule has 2 aromatic carbocycles. The zero-order valence-electron chi connectivity index (χ0n) is 14.2. The maximum atomic E-state index is 12.6. The summed E-state index contributed by atoms with van der Waals surface area (Å²) >= 11 is 0. The smallest absolute Gasteiger partial charge is 0.308 e. The van der Waals surface area contributed by atoms with Gasteiger partial charge < -0.3 is 9.84 Å². The minimum Gasteiger partial charge on any atom is -0.481 e. The van der Waals surface area contributed by atoms with E-state index >= 15 is 0 Å².